The second kappa shape index (κ2) is 4.86. The Hall–Kier alpha value is -2.05. The molecular weight excluding hydrogens is 237 g/mol. The molecule has 0 aliphatic heterocycles. The van der Waals surface area contributed by atoms with Gasteiger partial charge in [0.25, 0.3) is 0 Å². The number of imide groups is 1. The number of nitrogens with one attached hydrogen (secondary N) is 1. The van der Waals surface area contributed by atoms with Crippen LogP contribution in [0.15, 0.2) is 24.3 Å². The second-order valence-electron chi connectivity index (χ2n) is 3.08. The van der Waals surface area contributed by atoms with Crippen LogP contribution >= 0.6 is 0 Å². The van der Waals surface area contributed by atoms with Crippen molar-refractivity contribution in [1.82, 2.24) is 5.32 Å². The van der Waals surface area contributed by atoms with Gasteiger partial charge in [0, 0.05) is 7.05 Å². The molecule has 17 heavy (non-hydrogen) atoms. The van der Waals surface area contributed by atoms with E-state index in [-0.39, 0.29) is 12.1 Å². The van der Waals surface area contributed by atoms with E-state index >= 15 is 0 Å². The zero-order valence-corrected chi connectivity index (χ0v) is 8.78. The number of hydrogen-bond donors (Lipinski definition) is 1. The fraction of sp³-hybridized carbons (Fsp3) is 0.200. The van der Waals surface area contributed by atoms with E-state index in [1.54, 1.807) is 0 Å². The summed E-state index contributed by atoms with van der Waals surface area (Å²) in [7, 11) is 1.27. The lowest BCUT2D eigenvalue weighted by atomic mass is 10.2. The summed E-state index contributed by atoms with van der Waals surface area (Å²) in [5, 5.41) is 2.15. The fourth-order valence-corrected chi connectivity index (χ4v) is 1.18. The van der Waals surface area contributed by atoms with E-state index in [2.05, 4.69) is 5.32 Å². The van der Waals surface area contributed by atoms with Gasteiger partial charge in [0.05, 0.1) is 11.3 Å². The SMILES string of the molecule is CNC(=O)N(C=O)c1cccc(C(F)(F)F)c1. The summed E-state index contributed by atoms with van der Waals surface area (Å²) < 4.78 is 37.2. The third kappa shape index (κ3) is 2.96. The van der Waals surface area contributed by atoms with E-state index in [1.807, 2.05) is 0 Å². The van der Waals surface area contributed by atoms with Crippen molar-refractivity contribution in [3.05, 3.63) is 29.8 Å². The maximum absolute atomic E-state index is 12.4. The summed E-state index contributed by atoms with van der Waals surface area (Å²) >= 11 is 0. The minimum atomic E-state index is -4.52. The van der Waals surface area contributed by atoms with Crippen LogP contribution in [-0.4, -0.2) is 19.5 Å². The van der Waals surface area contributed by atoms with Crippen molar-refractivity contribution in [3.63, 3.8) is 0 Å². The van der Waals surface area contributed by atoms with Crippen molar-refractivity contribution in [2.24, 2.45) is 0 Å². The average Bonchev–Trinajstić information content (AvgIpc) is 2.29. The van der Waals surface area contributed by atoms with Crippen molar-refractivity contribution in [2.75, 3.05) is 11.9 Å². The van der Waals surface area contributed by atoms with Crippen molar-refractivity contribution < 1.29 is 22.8 Å². The summed E-state index contributed by atoms with van der Waals surface area (Å²) in [4.78, 5) is 22.4. The first-order valence-electron chi connectivity index (χ1n) is 4.53. The van der Waals surface area contributed by atoms with Crippen LogP contribution in [0.25, 0.3) is 0 Å². The molecule has 3 amide bonds. The highest BCUT2D eigenvalue weighted by Crippen LogP contribution is 2.31. The van der Waals surface area contributed by atoms with E-state index in [9.17, 15) is 22.8 Å². The van der Waals surface area contributed by atoms with Crippen LogP contribution in [0.1, 0.15) is 5.56 Å². The van der Waals surface area contributed by atoms with Gasteiger partial charge in [0.1, 0.15) is 0 Å². The predicted molar refractivity (Wildman–Crippen MR) is 54.4 cm³/mol. The van der Waals surface area contributed by atoms with E-state index in [0.29, 0.717) is 4.90 Å². The van der Waals surface area contributed by atoms with Gasteiger partial charge >= 0.3 is 12.2 Å². The lowest BCUT2D eigenvalue weighted by Crippen LogP contribution is -2.37. The number of rotatable bonds is 2. The lowest BCUT2D eigenvalue weighted by Gasteiger charge is -2.16. The van der Waals surface area contributed by atoms with Gasteiger partial charge in [-0.15, -0.1) is 0 Å². The number of halogens is 3. The number of carbonyl (C=O) groups is 2. The van der Waals surface area contributed by atoms with Crippen molar-refractivity contribution in [1.29, 1.82) is 0 Å². The molecule has 1 N–H and O–H groups in total. The molecule has 0 saturated heterocycles. The Morgan fingerprint density at radius 1 is 1.41 bits per heavy atom. The predicted octanol–water partition coefficient (Wildman–Crippen LogP) is 2.01. The third-order valence-electron chi connectivity index (χ3n) is 1.99. The first-order valence-corrected chi connectivity index (χ1v) is 4.53. The molecule has 1 aromatic carbocycles. The summed E-state index contributed by atoms with van der Waals surface area (Å²) in [5.74, 6) is 0. The third-order valence-corrected chi connectivity index (χ3v) is 1.99. The normalized spacial score (nSPS) is 10.8. The van der Waals surface area contributed by atoms with Gasteiger partial charge < -0.3 is 5.32 Å². The number of carbonyl (C=O) groups excluding carboxylic acids is 2. The van der Waals surface area contributed by atoms with Crippen LogP contribution in [0.5, 0.6) is 0 Å². The molecule has 92 valence electrons. The minimum Gasteiger partial charge on any atom is -0.340 e. The zero-order valence-electron chi connectivity index (χ0n) is 8.78. The van der Waals surface area contributed by atoms with Crippen LogP contribution < -0.4 is 10.2 Å². The number of nitrogens with zero attached hydrogens (tertiary/aromatic N) is 1. The van der Waals surface area contributed by atoms with Crippen LogP contribution in [0.2, 0.25) is 0 Å². The van der Waals surface area contributed by atoms with Crippen molar-refractivity contribution >= 4 is 18.1 Å². The highest BCUT2D eigenvalue weighted by atomic mass is 19.4. The molecule has 0 atom stereocenters. The van der Waals surface area contributed by atoms with E-state index < -0.39 is 17.8 Å². The molecule has 7 heteroatoms. The first-order chi connectivity index (χ1) is 7.90. The van der Waals surface area contributed by atoms with E-state index in [0.717, 1.165) is 18.2 Å². The highest BCUT2D eigenvalue weighted by Gasteiger charge is 2.31. The smallest absolute Gasteiger partial charge is 0.340 e. The van der Waals surface area contributed by atoms with E-state index in [1.165, 1.54) is 13.1 Å². The van der Waals surface area contributed by atoms with Gasteiger partial charge in [0.15, 0.2) is 0 Å². The molecule has 1 rings (SSSR count). The molecule has 0 fully saturated rings. The van der Waals surface area contributed by atoms with Gasteiger partial charge in [-0.3, -0.25) is 4.79 Å². The van der Waals surface area contributed by atoms with Crippen LogP contribution in [0.3, 0.4) is 0 Å². The number of alkyl halides is 3. The van der Waals surface area contributed by atoms with Gasteiger partial charge in [-0.1, -0.05) is 6.07 Å². The lowest BCUT2D eigenvalue weighted by molar-refractivity contribution is -0.137. The van der Waals surface area contributed by atoms with Gasteiger partial charge in [0.2, 0.25) is 6.41 Å². The van der Waals surface area contributed by atoms with Crippen molar-refractivity contribution in [2.45, 2.75) is 6.18 Å². The number of anilines is 1. The largest absolute Gasteiger partial charge is 0.416 e. The van der Waals surface area contributed by atoms with Crippen LogP contribution in [0.4, 0.5) is 23.7 Å². The molecule has 0 radical (unpaired) electrons. The number of urea groups is 1. The summed E-state index contributed by atoms with van der Waals surface area (Å²) in [6.07, 6.45) is -4.37. The molecule has 0 spiro atoms. The van der Waals surface area contributed by atoms with Crippen LogP contribution in [-0.2, 0) is 11.0 Å². The maximum atomic E-state index is 12.4. The molecule has 0 aliphatic carbocycles. The molecule has 0 saturated carbocycles. The maximum Gasteiger partial charge on any atom is 0.416 e. The van der Waals surface area contributed by atoms with Gasteiger partial charge in [-0.2, -0.15) is 13.2 Å². The monoisotopic (exact) mass is 246 g/mol. The van der Waals surface area contributed by atoms with Crippen molar-refractivity contribution in [3.8, 4) is 0 Å². The minimum absolute atomic E-state index is 0.144. The molecule has 1 aromatic rings. The summed E-state index contributed by atoms with van der Waals surface area (Å²) in [6.45, 7) is 0. The topological polar surface area (TPSA) is 49.4 Å². The zero-order chi connectivity index (χ0) is 13.1. The molecule has 0 heterocycles. The quantitative estimate of drug-likeness (QED) is 0.811. The van der Waals surface area contributed by atoms with E-state index in [4.69, 9.17) is 0 Å². The van der Waals surface area contributed by atoms with Crippen LogP contribution in [0, 0.1) is 0 Å². The summed E-state index contributed by atoms with van der Waals surface area (Å²) in [6, 6.07) is 3.13. The van der Waals surface area contributed by atoms with Gasteiger partial charge in [-0.05, 0) is 18.2 Å². The molecule has 0 aromatic heterocycles. The fourth-order valence-electron chi connectivity index (χ4n) is 1.18. The second-order valence-corrected chi connectivity index (χ2v) is 3.08. The molecule has 4 nitrogen and oxygen atoms in total. The number of amides is 3. The Bertz CT molecular complexity index is 432. The molecule has 0 bridgehead atoms. The molecule has 0 unspecified atom stereocenters. The number of hydrogen-bond acceptors (Lipinski definition) is 2. The Morgan fingerprint density at radius 2 is 2.06 bits per heavy atom. The Morgan fingerprint density at radius 3 is 2.53 bits per heavy atom. The average molecular weight is 246 g/mol. The Kier molecular flexibility index (Phi) is 3.72. The molecular formula is C10H9F3N2O2. The molecule has 0 aliphatic rings. The summed E-state index contributed by atoms with van der Waals surface area (Å²) in [5.41, 5.74) is -1.07. The Balaban J connectivity index is 3.14. The highest BCUT2D eigenvalue weighted by molar-refractivity contribution is 6.05. The Labute approximate surface area is 95.0 Å². The first kappa shape index (κ1) is 13.0. The van der Waals surface area contributed by atoms with Gasteiger partial charge in [-0.25, -0.2) is 9.69 Å². The number of benzene rings is 1. The standard InChI is InChI=1S/C10H9F3N2O2/c1-14-9(17)15(6-16)8-4-2-3-7(5-8)10(11,12)13/h2-6H,1H3,(H,14,17).